The minimum absolute atomic E-state index is 1.01. The molecule has 0 unspecified atom stereocenters. The van der Waals surface area contributed by atoms with Gasteiger partial charge in [0.25, 0.3) is 0 Å². The van der Waals surface area contributed by atoms with Gasteiger partial charge in [0, 0.05) is 42.9 Å². The van der Waals surface area contributed by atoms with E-state index in [9.17, 15) is 0 Å². The maximum atomic E-state index is 4.99. The van der Waals surface area contributed by atoms with Crippen LogP contribution in [0.2, 0.25) is 0 Å². The molecule has 2 heterocycles. The predicted molar refractivity (Wildman–Crippen MR) is 108 cm³/mol. The van der Waals surface area contributed by atoms with Gasteiger partial charge in [-0.05, 0) is 17.5 Å². The van der Waals surface area contributed by atoms with Gasteiger partial charge in [0.05, 0.1) is 10.7 Å². The van der Waals surface area contributed by atoms with Crippen LogP contribution >= 0.6 is 11.3 Å². The first-order valence-corrected chi connectivity index (χ1v) is 10.2. The Morgan fingerprint density at radius 2 is 1.85 bits per heavy atom. The fraction of sp³-hybridized carbons (Fsp3) is 0.261. The molecule has 1 aromatic heterocycles. The second-order valence-electron chi connectivity index (χ2n) is 7.24. The van der Waals surface area contributed by atoms with Crippen molar-refractivity contribution in [3.8, 4) is 11.3 Å². The molecule has 2 aliphatic rings. The highest BCUT2D eigenvalue weighted by Crippen LogP contribution is 2.39. The second-order valence-corrected chi connectivity index (χ2v) is 8.41. The Morgan fingerprint density at radius 1 is 1.00 bits per heavy atom. The second kappa shape index (κ2) is 6.82. The summed E-state index contributed by atoms with van der Waals surface area (Å²) in [6.45, 7) is 3.26. The van der Waals surface area contributed by atoms with Crippen LogP contribution in [0.25, 0.3) is 11.3 Å². The van der Waals surface area contributed by atoms with E-state index < -0.39 is 0 Å². The van der Waals surface area contributed by atoms with Crippen LogP contribution in [-0.4, -0.2) is 23.0 Å². The van der Waals surface area contributed by atoms with Crippen molar-refractivity contribution in [3.63, 3.8) is 0 Å². The van der Waals surface area contributed by atoms with E-state index in [0.29, 0.717) is 0 Å². The zero-order chi connectivity index (χ0) is 17.3. The highest BCUT2D eigenvalue weighted by Gasteiger charge is 2.23. The first kappa shape index (κ1) is 16.0. The van der Waals surface area contributed by atoms with E-state index in [4.69, 9.17) is 4.98 Å². The Morgan fingerprint density at radius 3 is 2.77 bits per heavy atom. The molecule has 0 spiro atoms. The normalized spacial score (nSPS) is 16.2. The van der Waals surface area contributed by atoms with E-state index in [-0.39, 0.29) is 0 Å². The van der Waals surface area contributed by atoms with Gasteiger partial charge in [-0.2, -0.15) is 0 Å². The average Bonchev–Trinajstić information content (AvgIpc) is 3.20. The van der Waals surface area contributed by atoms with Crippen LogP contribution in [0.15, 0.2) is 66.2 Å². The molecular formula is C23H22N2S. The van der Waals surface area contributed by atoms with Crippen LogP contribution in [-0.2, 0) is 19.4 Å². The lowest BCUT2D eigenvalue weighted by Crippen LogP contribution is -2.30. The van der Waals surface area contributed by atoms with Gasteiger partial charge in [0.2, 0.25) is 0 Å². The van der Waals surface area contributed by atoms with Gasteiger partial charge >= 0.3 is 0 Å². The minimum Gasteiger partial charge on any atom is -0.295 e. The lowest BCUT2D eigenvalue weighted by Gasteiger charge is -2.27. The Kier molecular flexibility index (Phi) is 4.19. The molecule has 0 atom stereocenters. The number of fused-ring (bicyclic) bond motifs is 3. The number of aromatic nitrogens is 1. The molecule has 130 valence electrons. The summed E-state index contributed by atoms with van der Waals surface area (Å²) in [7, 11) is 0. The Balaban J connectivity index is 1.28. The van der Waals surface area contributed by atoms with E-state index in [1.807, 2.05) is 11.3 Å². The van der Waals surface area contributed by atoms with E-state index in [1.54, 1.807) is 0 Å². The number of thiazole rings is 1. The number of hydrogen-bond donors (Lipinski definition) is 0. The van der Waals surface area contributed by atoms with Crippen molar-refractivity contribution in [1.82, 2.24) is 9.88 Å². The van der Waals surface area contributed by atoms with Crippen molar-refractivity contribution >= 4 is 11.3 Å². The highest BCUT2D eigenvalue weighted by atomic mass is 32.1. The largest absolute Gasteiger partial charge is 0.295 e. The molecule has 0 fully saturated rings. The summed E-state index contributed by atoms with van der Waals surface area (Å²) in [5.74, 6) is 0. The summed E-state index contributed by atoms with van der Waals surface area (Å²) in [6.07, 6.45) is 5.64. The smallest absolute Gasteiger partial charge is 0.0976 e. The lowest BCUT2D eigenvalue weighted by molar-refractivity contribution is 0.280. The fourth-order valence-corrected chi connectivity index (χ4v) is 5.22. The third kappa shape index (κ3) is 3.13. The van der Waals surface area contributed by atoms with Gasteiger partial charge in [-0.15, -0.1) is 11.3 Å². The third-order valence-corrected chi connectivity index (χ3v) is 6.35. The van der Waals surface area contributed by atoms with E-state index in [0.717, 1.165) is 38.9 Å². The summed E-state index contributed by atoms with van der Waals surface area (Å²) in [6, 6.07) is 19.5. The number of hydrogen-bond acceptors (Lipinski definition) is 3. The Labute approximate surface area is 158 Å². The average molecular weight is 359 g/mol. The highest BCUT2D eigenvalue weighted by molar-refractivity contribution is 7.12. The van der Waals surface area contributed by atoms with Crippen molar-refractivity contribution in [1.29, 1.82) is 0 Å². The Hall–Kier alpha value is -2.23. The summed E-state index contributed by atoms with van der Waals surface area (Å²) in [4.78, 5) is 8.99. The van der Waals surface area contributed by atoms with Crippen LogP contribution in [0.3, 0.4) is 0 Å². The molecule has 0 bridgehead atoms. The molecule has 1 aliphatic carbocycles. The molecule has 5 rings (SSSR count). The first-order valence-electron chi connectivity index (χ1n) is 9.36. The number of benzene rings is 2. The maximum absolute atomic E-state index is 4.99. The molecule has 1 aliphatic heterocycles. The van der Waals surface area contributed by atoms with Crippen LogP contribution in [0.1, 0.15) is 27.4 Å². The molecule has 0 amide bonds. The maximum Gasteiger partial charge on any atom is 0.0976 e. The molecule has 26 heavy (non-hydrogen) atoms. The molecule has 0 saturated carbocycles. The van der Waals surface area contributed by atoms with Crippen LogP contribution in [0.5, 0.6) is 0 Å². The summed E-state index contributed by atoms with van der Waals surface area (Å²) in [5, 5.41) is 1.28. The predicted octanol–water partition coefficient (Wildman–Crippen LogP) is 5.09. The lowest BCUT2D eigenvalue weighted by atomic mass is 10.1. The molecule has 0 radical (unpaired) electrons. The standard InChI is InChI=1S/C23H22N2S/c1-2-7-17(8-3-1)15-25-12-6-9-18(16-25)13-22-24-23-20-11-5-4-10-19(20)14-21(23)26-22/h1-5,7-11H,6,12-16H2. The molecule has 3 heteroatoms. The van der Waals surface area contributed by atoms with Crippen molar-refractivity contribution in [3.05, 3.63) is 87.3 Å². The van der Waals surface area contributed by atoms with Gasteiger partial charge in [-0.3, -0.25) is 4.90 Å². The number of rotatable bonds is 4. The van der Waals surface area contributed by atoms with Crippen molar-refractivity contribution in [2.75, 3.05) is 13.1 Å². The summed E-state index contributed by atoms with van der Waals surface area (Å²) < 4.78 is 0. The molecular weight excluding hydrogens is 336 g/mol. The molecule has 3 aromatic rings. The van der Waals surface area contributed by atoms with E-state index in [1.165, 1.54) is 37.8 Å². The van der Waals surface area contributed by atoms with Gasteiger partial charge < -0.3 is 0 Å². The zero-order valence-corrected chi connectivity index (χ0v) is 15.6. The van der Waals surface area contributed by atoms with Gasteiger partial charge in [0.1, 0.15) is 0 Å². The first-order chi connectivity index (χ1) is 12.8. The van der Waals surface area contributed by atoms with Crippen molar-refractivity contribution < 1.29 is 0 Å². The molecule has 0 saturated heterocycles. The number of nitrogens with zero attached hydrogens (tertiary/aromatic N) is 2. The SMILES string of the molecule is C1=C(Cc2nc3c(s2)Cc2ccccc2-3)CN(Cc2ccccc2)CC1. The quantitative estimate of drug-likeness (QED) is 0.472. The Bertz CT molecular complexity index is 955. The van der Waals surface area contributed by atoms with Crippen molar-refractivity contribution in [2.24, 2.45) is 0 Å². The third-order valence-electron chi connectivity index (χ3n) is 5.30. The molecule has 0 N–H and O–H groups in total. The zero-order valence-electron chi connectivity index (χ0n) is 14.8. The fourth-order valence-electron chi connectivity index (χ4n) is 4.07. The monoisotopic (exact) mass is 358 g/mol. The van der Waals surface area contributed by atoms with Crippen molar-refractivity contribution in [2.45, 2.75) is 25.8 Å². The van der Waals surface area contributed by atoms with Gasteiger partial charge in [-0.1, -0.05) is 66.2 Å². The van der Waals surface area contributed by atoms with E-state index >= 15 is 0 Å². The minimum atomic E-state index is 1.01. The topological polar surface area (TPSA) is 16.1 Å². The summed E-state index contributed by atoms with van der Waals surface area (Å²) in [5.41, 5.74) is 6.93. The van der Waals surface area contributed by atoms with Crippen LogP contribution < -0.4 is 0 Å². The molecule has 2 nitrogen and oxygen atoms in total. The molecule has 2 aromatic carbocycles. The van der Waals surface area contributed by atoms with Gasteiger partial charge in [-0.25, -0.2) is 4.98 Å². The van der Waals surface area contributed by atoms with Gasteiger partial charge in [0.15, 0.2) is 0 Å². The van der Waals surface area contributed by atoms with E-state index in [2.05, 4.69) is 65.6 Å². The van der Waals surface area contributed by atoms with Crippen LogP contribution in [0, 0.1) is 0 Å². The van der Waals surface area contributed by atoms with Crippen LogP contribution in [0.4, 0.5) is 0 Å². The summed E-state index contributed by atoms with van der Waals surface area (Å²) >= 11 is 1.91.